The molecule has 0 aliphatic heterocycles. The van der Waals surface area contributed by atoms with Crippen molar-refractivity contribution in [1.29, 1.82) is 0 Å². The van der Waals surface area contributed by atoms with Crippen molar-refractivity contribution >= 4 is 45.3 Å². The Balaban J connectivity index is 1.65. The molecule has 3 aromatic rings. The van der Waals surface area contributed by atoms with E-state index in [0.29, 0.717) is 23.7 Å². The molecule has 194 valence electrons. The van der Waals surface area contributed by atoms with Crippen molar-refractivity contribution < 1.29 is 0 Å². The number of aromatic amines is 1. The SMILES string of the molecule is CCCCCCCCCCCCn1c(N/N=C\C(Br)=C\c2ccccc2)nc2c1c(=O)[nH]c(=O)n2C. The van der Waals surface area contributed by atoms with E-state index in [1.807, 2.05) is 41.0 Å². The summed E-state index contributed by atoms with van der Waals surface area (Å²) in [5.74, 6) is 0.434. The summed E-state index contributed by atoms with van der Waals surface area (Å²) in [4.78, 5) is 31.6. The van der Waals surface area contributed by atoms with Gasteiger partial charge in [0.05, 0.1) is 6.21 Å². The maximum Gasteiger partial charge on any atom is 0.329 e. The third-order valence-corrected chi connectivity index (χ3v) is 6.63. The van der Waals surface area contributed by atoms with Gasteiger partial charge in [-0.3, -0.25) is 14.3 Å². The van der Waals surface area contributed by atoms with E-state index in [9.17, 15) is 9.59 Å². The van der Waals surface area contributed by atoms with E-state index < -0.39 is 11.2 Å². The molecule has 9 heteroatoms. The van der Waals surface area contributed by atoms with Crippen molar-refractivity contribution in [2.24, 2.45) is 12.1 Å². The van der Waals surface area contributed by atoms with Gasteiger partial charge in [0.25, 0.3) is 5.56 Å². The predicted molar refractivity (Wildman–Crippen MR) is 153 cm³/mol. The number of aromatic nitrogens is 4. The number of hydrogen-bond donors (Lipinski definition) is 2. The molecule has 2 N–H and O–H groups in total. The Hall–Kier alpha value is -2.94. The molecular formula is C27H37BrN6O2. The number of hydrazone groups is 1. The standard InChI is InChI=1S/C27H37BrN6O2/c1-3-4-5-6-7-8-9-10-11-15-18-34-23-24(33(2)27(36)31-25(23)35)30-26(34)32-29-20-22(28)19-21-16-13-12-14-17-21/h12-14,16-17,19-20H,3-11,15,18H2,1-2H3,(H,30,32)(H,31,35,36)/b22-19-,29-20-. The van der Waals surface area contributed by atoms with Crippen LogP contribution in [0.1, 0.15) is 76.7 Å². The van der Waals surface area contributed by atoms with Gasteiger partial charge in [-0.1, -0.05) is 95.0 Å². The molecule has 0 saturated heterocycles. The number of anilines is 1. The van der Waals surface area contributed by atoms with Crippen molar-refractivity contribution in [3.05, 3.63) is 61.2 Å². The highest BCUT2D eigenvalue weighted by molar-refractivity contribution is 9.12. The number of hydrogen-bond acceptors (Lipinski definition) is 5. The van der Waals surface area contributed by atoms with Crippen LogP contribution >= 0.6 is 15.9 Å². The Kier molecular flexibility index (Phi) is 11.2. The number of aryl methyl sites for hydroxylation is 2. The van der Waals surface area contributed by atoms with Crippen LogP contribution in [0.4, 0.5) is 5.95 Å². The lowest BCUT2D eigenvalue weighted by Gasteiger charge is -2.08. The van der Waals surface area contributed by atoms with Gasteiger partial charge in [-0.2, -0.15) is 10.1 Å². The second-order valence-electron chi connectivity index (χ2n) is 9.07. The minimum absolute atomic E-state index is 0.340. The molecule has 0 radical (unpaired) electrons. The molecule has 0 atom stereocenters. The summed E-state index contributed by atoms with van der Waals surface area (Å²) in [6, 6.07) is 9.91. The normalized spacial score (nSPS) is 12.1. The zero-order valence-electron chi connectivity index (χ0n) is 21.3. The van der Waals surface area contributed by atoms with Crippen LogP contribution < -0.4 is 16.7 Å². The summed E-state index contributed by atoms with van der Waals surface area (Å²) in [5, 5.41) is 4.30. The van der Waals surface area contributed by atoms with E-state index in [1.165, 1.54) is 55.9 Å². The Morgan fingerprint density at radius 2 is 1.67 bits per heavy atom. The van der Waals surface area contributed by atoms with Crippen molar-refractivity contribution in [3.8, 4) is 0 Å². The lowest BCUT2D eigenvalue weighted by molar-refractivity contribution is 0.538. The molecule has 0 saturated carbocycles. The first kappa shape index (κ1) is 27.6. The smallest absolute Gasteiger partial charge is 0.303 e. The first-order valence-corrected chi connectivity index (χ1v) is 13.7. The quantitative estimate of drug-likeness (QED) is 0.133. The fourth-order valence-electron chi connectivity index (χ4n) is 4.19. The molecule has 8 nitrogen and oxygen atoms in total. The van der Waals surface area contributed by atoms with Crippen molar-refractivity contribution in [1.82, 2.24) is 19.1 Å². The number of unbranched alkanes of at least 4 members (excludes halogenated alkanes) is 9. The third kappa shape index (κ3) is 8.05. The van der Waals surface area contributed by atoms with E-state index in [2.05, 4.69) is 43.3 Å². The minimum Gasteiger partial charge on any atom is -0.303 e. The van der Waals surface area contributed by atoms with E-state index in [0.717, 1.165) is 22.9 Å². The Labute approximate surface area is 220 Å². The number of nitrogens with zero attached hydrogens (tertiary/aromatic N) is 4. The average molecular weight is 558 g/mol. The number of nitrogens with one attached hydrogen (secondary N) is 2. The highest BCUT2D eigenvalue weighted by Gasteiger charge is 2.16. The predicted octanol–water partition coefficient (Wildman–Crippen LogP) is 6.18. The van der Waals surface area contributed by atoms with Gasteiger partial charge in [-0.25, -0.2) is 10.2 Å². The van der Waals surface area contributed by atoms with Gasteiger partial charge < -0.3 is 4.57 Å². The first-order chi connectivity index (χ1) is 17.5. The molecule has 0 bridgehead atoms. The molecular weight excluding hydrogens is 520 g/mol. The van der Waals surface area contributed by atoms with Crippen LogP contribution in [0, 0.1) is 0 Å². The Bertz CT molecular complexity index is 1270. The molecule has 2 heterocycles. The van der Waals surface area contributed by atoms with Crippen LogP contribution in [0.15, 0.2) is 49.5 Å². The first-order valence-electron chi connectivity index (χ1n) is 12.9. The molecule has 0 aliphatic rings. The molecule has 0 fully saturated rings. The average Bonchev–Trinajstić information content (AvgIpc) is 3.23. The highest BCUT2D eigenvalue weighted by atomic mass is 79.9. The molecule has 36 heavy (non-hydrogen) atoms. The van der Waals surface area contributed by atoms with E-state index in [4.69, 9.17) is 0 Å². The number of halogens is 1. The molecule has 0 amide bonds. The van der Waals surface area contributed by atoms with Gasteiger partial charge in [0, 0.05) is 18.1 Å². The van der Waals surface area contributed by atoms with Crippen LogP contribution in [-0.4, -0.2) is 25.3 Å². The number of H-pyrrole nitrogens is 1. The number of benzene rings is 1. The molecule has 0 aliphatic carbocycles. The Morgan fingerprint density at radius 3 is 2.33 bits per heavy atom. The summed E-state index contributed by atoms with van der Waals surface area (Å²) in [6.07, 6.45) is 15.9. The summed E-state index contributed by atoms with van der Waals surface area (Å²) in [6.45, 7) is 2.86. The fourth-order valence-corrected chi connectivity index (χ4v) is 4.56. The lowest BCUT2D eigenvalue weighted by Crippen LogP contribution is -2.29. The van der Waals surface area contributed by atoms with Crippen LogP contribution in [0.2, 0.25) is 0 Å². The molecule has 1 aromatic carbocycles. The summed E-state index contributed by atoms with van der Waals surface area (Å²) in [7, 11) is 1.60. The number of fused-ring (bicyclic) bond motifs is 1. The largest absolute Gasteiger partial charge is 0.329 e. The summed E-state index contributed by atoms with van der Waals surface area (Å²) < 4.78 is 3.96. The van der Waals surface area contributed by atoms with E-state index in [-0.39, 0.29) is 0 Å². The number of imidazole rings is 1. The number of rotatable bonds is 15. The van der Waals surface area contributed by atoms with Crippen molar-refractivity contribution in [2.45, 2.75) is 77.7 Å². The maximum absolute atomic E-state index is 12.6. The van der Waals surface area contributed by atoms with Crippen LogP contribution in [0.3, 0.4) is 0 Å². The second kappa shape index (κ2) is 14.6. The molecule has 0 spiro atoms. The monoisotopic (exact) mass is 556 g/mol. The van der Waals surface area contributed by atoms with Gasteiger partial charge >= 0.3 is 5.69 Å². The second-order valence-corrected chi connectivity index (χ2v) is 9.99. The minimum atomic E-state index is -0.486. The Morgan fingerprint density at radius 1 is 1.03 bits per heavy atom. The lowest BCUT2D eigenvalue weighted by atomic mass is 10.1. The summed E-state index contributed by atoms with van der Waals surface area (Å²) >= 11 is 3.51. The topological polar surface area (TPSA) is 97.1 Å². The van der Waals surface area contributed by atoms with E-state index in [1.54, 1.807) is 13.3 Å². The molecule has 0 unspecified atom stereocenters. The zero-order chi connectivity index (χ0) is 25.8. The van der Waals surface area contributed by atoms with Gasteiger partial charge in [-0.05, 0) is 34.0 Å². The molecule has 2 aromatic heterocycles. The van der Waals surface area contributed by atoms with Crippen molar-refractivity contribution in [3.63, 3.8) is 0 Å². The van der Waals surface area contributed by atoms with Crippen LogP contribution in [0.5, 0.6) is 0 Å². The maximum atomic E-state index is 12.6. The van der Waals surface area contributed by atoms with Gasteiger partial charge in [0.2, 0.25) is 5.95 Å². The van der Waals surface area contributed by atoms with Gasteiger partial charge in [0.1, 0.15) is 0 Å². The zero-order valence-corrected chi connectivity index (χ0v) is 22.9. The van der Waals surface area contributed by atoms with E-state index >= 15 is 0 Å². The van der Waals surface area contributed by atoms with Crippen LogP contribution in [0.25, 0.3) is 17.2 Å². The number of allylic oxidation sites excluding steroid dienone is 1. The third-order valence-electron chi connectivity index (χ3n) is 6.20. The fraction of sp³-hybridized carbons (Fsp3) is 0.481. The van der Waals surface area contributed by atoms with Crippen molar-refractivity contribution in [2.75, 3.05) is 5.43 Å². The van der Waals surface area contributed by atoms with Crippen LogP contribution in [-0.2, 0) is 13.6 Å². The molecule has 3 rings (SSSR count). The summed E-state index contributed by atoms with van der Waals surface area (Å²) in [5.41, 5.74) is 3.81. The highest BCUT2D eigenvalue weighted by Crippen LogP contribution is 2.18. The van der Waals surface area contributed by atoms with Gasteiger partial charge in [0.15, 0.2) is 11.2 Å². The van der Waals surface area contributed by atoms with Gasteiger partial charge in [-0.15, -0.1) is 0 Å².